The van der Waals surface area contributed by atoms with Gasteiger partial charge in [0.15, 0.2) is 0 Å². The van der Waals surface area contributed by atoms with Crippen molar-refractivity contribution in [1.82, 2.24) is 0 Å². The van der Waals surface area contributed by atoms with Crippen molar-refractivity contribution in [2.24, 2.45) is 0 Å². The van der Waals surface area contributed by atoms with E-state index < -0.39 is 51.1 Å². The van der Waals surface area contributed by atoms with E-state index in [-0.39, 0.29) is 34.5 Å². The lowest BCUT2D eigenvalue weighted by molar-refractivity contribution is -0.120. The van der Waals surface area contributed by atoms with Gasteiger partial charge >= 0.3 is 0 Å². The van der Waals surface area contributed by atoms with E-state index in [1.54, 1.807) is 30.3 Å². The van der Waals surface area contributed by atoms with Crippen molar-refractivity contribution < 1.29 is 49.5 Å². The zero-order chi connectivity index (χ0) is 53.2. The number of hydrogen-bond donors (Lipinski definition) is 0. The van der Waals surface area contributed by atoms with Crippen LogP contribution in [-0.4, -0.2) is 17.3 Å². The molecule has 0 bridgehead atoms. The van der Waals surface area contributed by atoms with Gasteiger partial charge in [0.2, 0.25) is 0 Å². The lowest BCUT2D eigenvalue weighted by Crippen LogP contribution is -2.38. The molecule has 0 amide bonds. The summed E-state index contributed by atoms with van der Waals surface area (Å²) in [5.74, 6) is -4.24. The second-order valence-corrected chi connectivity index (χ2v) is 17.3. The van der Waals surface area contributed by atoms with Crippen LogP contribution in [0.15, 0.2) is 224 Å². The van der Waals surface area contributed by atoms with Gasteiger partial charge in [0.25, 0.3) is 0 Å². The van der Waals surface area contributed by atoms with E-state index in [0.717, 1.165) is 5.56 Å². The molecular weight excluding hydrogens is 957 g/mol. The summed E-state index contributed by atoms with van der Waals surface area (Å²) < 4.78 is 108. The van der Waals surface area contributed by atoms with E-state index in [9.17, 15) is 49.5 Å². The van der Waals surface area contributed by atoms with E-state index in [0.29, 0.717) is 38.9 Å². The second kappa shape index (κ2) is 22.9. The molecule has 9 aromatic carbocycles. The van der Waals surface area contributed by atoms with Crippen molar-refractivity contribution in [3.8, 4) is 0 Å². The number of Topliss-reactive ketones (excluding diaryl/α,β-unsaturated/α-hetero) is 3. The Labute approximate surface area is 423 Å². The zero-order valence-electron chi connectivity index (χ0n) is 40.1. The third kappa shape index (κ3) is 10.6. The number of ketones is 3. The Bertz CT molecular complexity index is 3140. The number of hydrogen-bond acceptors (Lipinski definition) is 3. The fourth-order valence-electron chi connectivity index (χ4n) is 9.65. The molecule has 0 saturated heterocycles. The lowest BCUT2D eigenvalue weighted by Gasteiger charge is -2.33. The van der Waals surface area contributed by atoms with Gasteiger partial charge < -0.3 is 0 Å². The minimum absolute atomic E-state index is 0.119. The van der Waals surface area contributed by atoms with E-state index in [1.165, 1.54) is 185 Å². The molecule has 0 saturated carbocycles. The fraction of sp³-hybridized carbons (Fsp3) is 0.0952. The van der Waals surface area contributed by atoms with Crippen LogP contribution in [0.1, 0.15) is 70.8 Å². The monoisotopic (exact) mass is 1000 g/mol. The summed E-state index contributed by atoms with van der Waals surface area (Å²) in [6, 6.07) is 54.3. The van der Waals surface area contributed by atoms with Gasteiger partial charge in [0, 0.05) is 5.56 Å². The van der Waals surface area contributed by atoms with Crippen LogP contribution in [0.4, 0.5) is 35.1 Å². The molecule has 0 aliphatic carbocycles. The zero-order valence-corrected chi connectivity index (χ0v) is 40.1. The first-order valence-corrected chi connectivity index (χ1v) is 23.1. The topological polar surface area (TPSA) is 51.2 Å². The van der Waals surface area contributed by atoms with Crippen molar-refractivity contribution >= 4 is 17.3 Å². The van der Waals surface area contributed by atoms with E-state index >= 15 is 0 Å². The number of benzene rings is 9. The summed E-state index contributed by atoms with van der Waals surface area (Å²) in [5, 5.41) is 0. The van der Waals surface area contributed by atoms with Crippen LogP contribution < -0.4 is 0 Å². The van der Waals surface area contributed by atoms with Crippen molar-refractivity contribution in [3.63, 3.8) is 0 Å². The van der Waals surface area contributed by atoms with Crippen LogP contribution >= 0.6 is 0 Å². The Morgan fingerprint density at radius 2 is 0.432 bits per heavy atom. The maximum atomic E-state index is 14.7. The predicted octanol–water partition coefficient (Wildman–Crippen LogP) is 14.9. The number of halogens is 8. The Morgan fingerprint density at radius 1 is 0.243 bits per heavy atom. The van der Waals surface area contributed by atoms with Crippen molar-refractivity contribution in [1.29, 1.82) is 0 Å². The van der Waals surface area contributed by atoms with Crippen LogP contribution in [0.5, 0.6) is 0 Å². The van der Waals surface area contributed by atoms with E-state index in [2.05, 4.69) is 0 Å². The van der Waals surface area contributed by atoms with Gasteiger partial charge in [-0.3, -0.25) is 14.4 Å². The molecule has 11 heteroatoms. The van der Waals surface area contributed by atoms with Crippen molar-refractivity contribution in [2.45, 2.75) is 37.0 Å². The van der Waals surface area contributed by atoms with Gasteiger partial charge in [-0.1, -0.05) is 133 Å². The van der Waals surface area contributed by atoms with Crippen LogP contribution in [0.25, 0.3) is 0 Å². The molecule has 9 rings (SSSR count). The molecule has 0 aromatic heterocycles. The summed E-state index contributed by atoms with van der Waals surface area (Å²) in [4.78, 5) is 38.5. The highest BCUT2D eigenvalue weighted by Gasteiger charge is 2.44. The Hall–Kier alpha value is -8.57. The van der Waals surface area contributed by atoms with Crippen LogP contribution in [0.3, 0.4) is 0 Å². The average Bonchev–Trinajstić information content (AvgIpc) is 3.39. The largest absolute Gasteiger partial charge is 0.298 e. The maximum absolute atomic E-state index is 14.7. The molecule has 0 atom stereocenters. The highest BCUT2D eigenvalue weighted by molar-refractivity contribution is 5.97. The number of carbonyl (C=O) groups excluding carboxylic acids is 3. The SMILES string of the molecule is CC(=O)C(c1ccc(F)cc1)(c1ccc(F)cc1)c1ccc(F)cc1.CC(=O)C(c1ccc(F)cc1)(c1ccc(F)cc1)c1ccccc1F.CC(=O)C(c1ccccc1)(c1ccc(F)cc1)c1ccc(F)cc1. The molecule has 0 N–H and O–H groups in total. The van der Waals surface area contributed by atoms with Crippen LogP contribution in [0.2, 0.25) is 0 Å². The van der Waals surface area contributed by atoms with Gasteiger partial charge in [-0.05, 0) is 156 Å². The van der Waals surface area contributed by atoms with Crippen LogP contribution in [0, 0.1) is 46.5 Å². The molecule has 3 nitrogen and oxygen atoms in total. The minimum atomic E-state index is -1.49. The number of carbonyl (C=O) groups is 3. The fourth-order valence-corrected chi connectivity index (χ4v) is 9.65. The van der Waals surface area contributed by atoms with Gasteiger partial charge in [0.1, 0.15) is 80.1 Å². The summed E-state index contributed by atoms with van der Waals surface area (Å²) in [5.41, 5.74) is 0.722. The molecule has 0 spiro atoms. The standard InChI is InChI=1S/2C21H15F3O.C21H16F2O/c1-14(25)21(15-2-8-18(22)9-3-15,16-4-10-19(23)11-5-16)17-6-12-20(24)13-7-17;1-14(25)21(15-6-10-17(22)11-7-15,16-8-12-18(23)13-9-16)19-4-2-3-5-20(19)24;1-15(24)21(16-5-3-2-4-6-16,17-7-11-19(22)12-8-17)18-9-13-20(23)14-10-18/h2*2-13H,1H3;2-14H,1H3. The predicted molar refractivity (Wildman–Crippen MR) is 269 cm³/mol. The molecule has 0 aliphatic heterocycles. The second-order valence-electron chi connectivity index (χ2n) is 17.3. The first-order chi connectivity index (χ1) is 35.4. The third-order valence-electron chi connectivity index (χ3n) is 13.0. The Kier molecular flexibility index (Phi) is 16.5. The smallest absolute Gasteiger partial charge is 0.149 e. The molecule has 0 fully saturated rings. The molecule has 9 aromatic rings. The van der Waals surface area contributed by atoms with Gasteiger partial charge in [-0.25, -0.2) is 35.1 Å². The van der Waals surface area contributed by atoms with E-state index in [1.807, 2.05) is 30.3 Å². The lowest BCUT2D eigenvalue weighted by atomic mass is 9.67. The van der Waals surface area contributed by atoms with Crippen molar-refractivity contribution in [3.05, 3.63) is 321 Å². The molecule has 74 heavy (non-hydrogen) atoms. The minimum Gasteiger partial charge on any atom is -0.298 e. The summed E-state index contributed by atoms with van der Waals surface area (Å²) >= 11 is 0. The Balaban J connectivity index is 0.000000162. The first-order valence-electron chi connectivity index (χ1n) is 23.1. The van der Waals surface area contributed by atoms with Crippen molar-refractivity contribution in [2.75, 3.05) is 0 Å². The highest BCUT2D eigenvalue weighted by atomic mass is 19.2. The molecule has 0 heterocycles. The summed E-state index contributed by atoms with van der Waals surface area (Å²) in [7, 11) is 0. The maximum Gasteiger partial charge on any atom is 0.149 e. The summed E-state index contributed by atoms with van der Waals surface area (Å²) in [6.07, 6.45) is 0. The van der Waals surface area contributed by atoms with Gasteiger partial charge in [-0.15, -0.1) is 0 Å². The quantitative estimate of drug-likeness (QED) is 0.0905. The normalized spacial score (nSPS) is 11.3. The van der Waals surface area contributed by atoms with Crippen LogP contribution in [-0.2, 0) is 30.6 Å². The first kappa shape index (κ1) is 53.2. The third-order valence-corrected chi connectivity index (χ3v) is 13.0. The number of rotatable bonds is 12. The molecule has 0 unspecified atom stereocenters. The average molecular weight is 1000 g/mol. The molecular formula is C63H46F8O3. The van der Waals surface area contributed by atoms with Gasteiger partial charge in [0.05, 0.1) is 0 Å². The molecule has 0 aliphatic rings. The Morgan fingerprint density at radius 3 is 0.649 bits per heavy atom. The molecule has 0 radical (unpaired) electrons. The van der Waals surface area contributed by atoms with Gasteiger partial charge in [-0.2, -0.15) is 0 Å². The highest BCUT2D eigenvalue weighted by Crippen LogP contribution is 2.44. The molecule has 372 valence electrons. The van der Waals surface area contributed by atoms with E-state index in [4.69, 9.17) is 0 Å². The summed E-state index contributed by atoms with van der Waals surface area (Å²) in [6.45, 7) is 4.26.